The highest BCUT2D eigenvalue weighted by Crippen LogP contribution is 2.43. The first-order valence-corrected chi connectivity index (χ1v) is 13.2. The molecule has 0 bridgehead atoms. The van der Waals surface area contributed by atoms with Crippen LogP contribution >= 0.6 is 12.6 Å². The minimum atomic E-state index is -0.553. The molecule has 0 unspecified atom stereocenters. The molecule has 0 heterocycles. The monoisotopic (exact) mass is 497 g/mol. The van der Waals surface area contributed by atoms with Crippen LogP contribution < -0.4 is 0 Å². The van der Waals surface area contributed by atoms with Crippen LogP contribution in [-0.2, 0) is 34.5 Å². The minimum absolute atomic E-state index is 0.180. The molecule has 0 saturated carbocycles. The van der Waals surface area contributed by atoms with Crippen molar-refractivity contribution in [2.75, 3.05) is 0 Å². The van der Waals surface area contributed by atoms with E-state index in [1.165, 1.54) is 0 Å². The Bertz CT molecular complexity index is 909. The summed E-state index contributed by atoms with van der Waals surface area (Å²) in [5.41, 5.74) is 5.37. The van der Waals surface area contributed by atoms with Gasteiger partial charge in [0.1, 0.15) is 11.5 Å². The Hall–Kier alpha value is -1.61. The molecule has 35 heavy (non-hydrogen) atoms. The van der Waals surface area contributed by atoms with Gasteiger partial charge in [0, 0.05) is 4.75 Å². The van der Waals surface area contributed by atoms with Crippen LogP contribution in [0, 0.1) is 6.92 Å². The summed E-state index contributed by atoms with van der Waals surface area (Å²) < 4.78 is -0.553. The first-order valence-electron chi connectivity index (χ1n) is 12.7. The van der Waals surface area contributed by atoms with E-state index in [4.69, 9.17) is 12.6 Å². The van der Waals surface area contributed by atoms with Crippen molar-refractivity contribution in [2.24, 2.45) is 0 Å². The summed E-state index contributed by atoms with van der Waals surface area (Å²) in [6.07, 6.45) is 1.33. The maximum atomic E-state index is 11.1. The fourth-order valence-corrected chi connectivity index (χ4v) is 5.07. The van der Waals surface area contributed by atoms with E-state index in [0.29, 0.717) is 24.3 Å². The second-order valence-electron chi connectivity index (χ2n) is 14.7. The molecule has 0 aliphatic rings. The van der Waals surface area contributed by atoms with E-state index in [-0.39, 0.29) is 21.7 Å². The summed E-state index contributed by atoms with van der Waals surface area (Å²) in [6, 6.07) is 8.49. The molecule has 0 saturated heterocycles. The van der Waals surface area contributed by atoms with Crippen LogP contribution in [0.5, 0.6) is 11.5 Å². The largest absolute Gasteiger partial charge is 0.507 e. The normalized spacial score (nSPS) is 13.9. The molecule has 0 fully saturated rings. The number of aromatic hydroxyl groups is 2. The predicted octanol–water partition coefficient (Wildman–Crippen LogP) is 8.58. The average Bonchev–Trinajstić information content (AvgIpc) is 2.60. The van der Waals surface area contributed by atoms with Gasteiger partial charge in [-0.25, -0.2) is 0 Å². The zero-order chi connectivity index (χ0) is 27.4. The molecule has 0 aliphatic heterocycles. The molecule has 0 aromatic heterocycles. The number of phenolic OH excluding ortho intramolecular Hbond substituents is 2. The van der Waals surface area contributed by atoms with Gasteiger partial charge in [0.15, 0.2) is 0 Å². The van der Waals surface area contributed by atoms with Crippen molar-refractivity contribution in [2.45, 2.75) is 122 Å². The molecule has 3 heteroatoms. The van der Waals surface area contributed by atoms with Crippen molar-refractivity contribution in [3.8, 4) is 11.5 Å². The standard InChI is InChI=1S/C32H49O2S/c1-28(2,3)22-14-20(15-23(26(22)33)29(4,5)6)18-32(13,35)19-21-16-24(30(7,8)9)27(34)25(17-21)31(10,11)12/h14-17,33-35H,13,18-19H2,1-12H3. The summed E-state index contributed by atoms with van der Waals surface area (Å²) in [5, 5.41) is 22.2. The number of benzene rings is 2. The van der Waals surface area contributed by atoms with Crippen molar-refractivity contribution < 1.29 is 10.2 Å². The van der Waals surface area contributed by atoms with Crippen LogP contribution in [0.15, 0.2) is 24.3 Å². The summed E-state index contributed by atoms with van der Waals surface area (Å²) in [7, 11) is 0. The summed E-state index contributed by atoms with van der Waals surface area (Å²) in [6.45, 7) is 30.1. The molecule has 2 aromatic carbocycles. The summed E-state index contributed by atoms with van der Waals surface area (Å²) in [5.74, 6) is 0.788. The lowest BCUT2D eigenvalue weighted by molar-refractivity contribution is 0.422. The van der Waals surface area contributed by atoms with Crippen LogP contribution in [-0.4, -0.2) is 15.0 Å². The zero-order valence-corrected chi connectivity index (χ0v) is 25.2. The molecule has 1 radical (unpaired) electrons. The van der Waals surface area contributed by atoms with E-state index in [2.05, 4.69) is 114 Å². The van der Waals surface area contributed by atoms with Gasteiger partial charge in [-0.1, -0.05) is 107 Å². The Balaban J connectivity index is 2.57. The highest BCUT2D eigenvalue weighted by atomic mass is 32.1. The van der Waals surface area contributed by atoms with Crippen LogP contribution in [0.4, 0.5) is 0 Å². The molecule has 0 aliphatic carbocycles. The SMILES string of the molecule is [CH2]C(S)(Cc1cc(C(C)(C)C)c(O)c(C(C)(C)C)c1)Cc1cc(C(C)(C)C)c(O)c(C(C)(C)C)c1. The maximum Gasteiger partial charge on any atom is 0.123 e. The fourth-order valence-electron chi connectivity index (χ4n) is 4.70. The molecule has 2 aromatic rings. The molecular formula is C32H49O2S. The number of hydrogen-bond donors (Lipinski definition) is 3. The molecule has 0 atom stereocenters. The van der Waals surface area contributed by atoms with Crippen LogP contribution in [0.1, 0.15) is 116 Å². The molecule has 0 spiro atoms. The number of hydrogen-bond acceptors (Lipinski definition) is 3. The third kappa shape index (κ3) is 7.21. The van der Waals surface area contributed by atoms with E-state index >= 15 is 0 Å². The molecule has 2 N–H and O–H groups in total. The van der Waals surface area contributed by atoms with Gasteiger partial charge in [0.2, 0.25) is 0 Å². The van der Waals surface area contributed by atoms with E-state index in [9.17, 15) is 10.2 Å². The number of rotatable bonds is 4. The van der Waals surface area contributed by atoms with Crippen molar-refractivity contribution in [1.82, 2.24) is 0 Å². The summed E-state index contributed by atoms with van der Waals surface area (Å²) >= 11 is 5.05. The molecule has 0 amide bonds. The van der Waals surface area contributed by atoms with Gasteiger partial charge < -0.3 is 10.2 Å². The summed E-state index contributed by atoms with van der Waals surface area (Å²) in [4.78, 5) is 0. The second-order valence-corrected chi connectivity index (χ2v) is 15.6. The first-order chi connectivity index (χ1) is 15.4. The Morgan fingerprint density at radius 2 is 0.743 bits per heavy atom. The maximum absolute atomic E-state index is 11.1. The van der Waals surface area contributed by atoms with Gasteiger partial charge in [-0.05, 0) is 74.8 Å². The first kappa shape index (κ1) is 29.6. The number of thiol groups is 1. The van der Waals surface area contributed by atoms with Gasteiger partial charge >= 0.3 is 0 Å². The van der Waals surface area contributed by atoms with Crippen LogP contribution in [0.25, 0.3) is 0 Å². The van der Waals surface area contributed by atoms with Gasteiger partial charge in [0.25, 0.3) is 0 Å². The quantitative estimate of drug-likeness (QED) is 0.370. The van der Waals surface area contributed by atoms with Crippen LogP contribution in [0.3, 0.4) is 0 Å². The molecular weight excluding hydrogens is 448 g/mol. The fraction of sp³-hybridized carbons (Fsp3) is 0.594. The lowest BCUT2D eigenvalue weighted by atomic mass is 9.76. The Morgan fingerprint density at radius 3 is 0.914 bits per heavy atom. The lowest BCUT2D eigenvalue weighted by Crippen LogP contribution is -2.26. The topological polar surface area (TPSA) is 40.5 Å². The van der Waals surface area contributed by atoms with E-state index in [1.54, 1.807) is 0 Å². The Morgan fingerprint density at radius 1 is 0.543 bits per heavy atom. The van der Waals surface area contributed by atoms with Crippen molar-refractivity contribution in [1.29, 1.82) is 0 Å². The van der Waals surface area contributed by atoms with Crippen molar-refractivity contribution in [3.63, 3.8) is 0 Å². The van der Waals surface area contributed by atoms with Gasteiger partial charge in [-0.15, -0.1) is 0 Å². The van der Waals surface area contributed by atoms with Gasteiger partial charge in [-0.2, -0.15) is 12.6 Å². The average molecular weight is 498 g/mol. The molecule has 2 rings (SSSR count). The van der Waals surface area contributed by atoms with E-state index in [0.717, 1.165) is 33.4 Å². The smallest absolute Gasteiger partial charge is 0.123 e. The minimum Gasteiger partial charge on any atom is -0.507 e. The molecule has 195 valence electrons. The lowest BCUT2D eigenvalue weighted by Gasteiger charge is -2.32. The Kier molecular flexibility index (Phi) is 7.92. The number of phenols is 2. The van der Waals surface area contributed by atoms with Gasteiger partial charge in [0.05, 0.1) is 0 Å². The van der Waals surface area contributed by atoms with E-state index in [1.807, 2.05) is 0 Å². The van der Waals surface area contributed by atoms with Gasteiger partial charge in [-0.3, -0.25) is 0 Å². The predicted molar refractivity (Wildman–Crippen MR) is 155 cm³/mol. The van der Waals surface area contributed by atoms with Crippen LogP contribution in [0.2, 0.25) is 0 Å². The highest BCUT2D eigenvalue weighted by Gasteiger charge is 2.31. The van der Waals surface area contributed by atoms with Crippen molar-refractivity contribution in [3.05, 3.63) is 64.6 Å². The molecule has 2 nitrogen and oxygen atoms in total. The second kappa shape index (κ2) is 9.36. The third-order valence-electron chi connectivity index (χ3n) is 6.64. The zero-order valence-electron chi connectivity index (χ0n) is 24.3. The highest BCUT2D eigenvalue weighted by molar-refractivity contribution is 7.82. The Labute approximate surface area is 221 Å². The van der Waals surface area contributed by atoms with E-state index < -0.39 is 4.75 Å². The third-order valence-corrected chi connectivity index (χ3v) is 6.95. The van der Waals surface area contributed by atoms with Crippen molar-refractivity contribution >= 4 is 12.6 Å².